The molecule has 1 atom stereocenters. The van der Waals surface area contributed by atoms with Gasteiger partial charge in [0, 0.05) is 11.1 Å². The number of rotatable bonds is 2. The Balaban J connectivity index is 2.35. The maximum absolute atomic E-state index is 9.97. The van der Waals surface area contributed by atoms with Crippen LogP contribution in [0.2, 0.25) is 0 Å². The van der Waals surface area contributed by atoms with Gasteiger partial charge in [0.25, 0.3) is 0 Å². The number of benzene rings is 1. The molecule has 0 saturated heterocycles. The largest absolute Gasteiger partial charge is 0.507 e. The van der Waals surface area contributed by atoms with Crippen molar-refractivity contribution in [3.05, 3.63) is 48.1 Å². The number of ether oxygens (including phenoxy) is 1. The second kappa shape index (κ2) is 4.32. The highest BCUT2D eigenvalue weighted by Gasteiger charge is 2.17. The van der Waals surface area contributed by atoms with Crippen LogP contribution in [0.1, 0.15) is 23.7 Å². The normalized spacial score (nSPS) is 20.1. The summed E-state index contributed by atoms with van der Waals surface area (Å²) in [4.78, 5) is 0. The Morgan fingerprint density at radius 3 is 2.93 bits per heavy atom. The lowest BCUT2D eigenvalue weighted by molar-refractivity contribution is 0.0659. The molecule has 0 radical (unpaired) electrons. The summed E-state index contributed by atoms with van der Waals surface area (Å²) in [6.45, 7) is 4.28. The Morgan fingerprint density at radius 2 is 2.27 bits per heavy atom. The van der Waals surface area contributed by atoms with E-state index in [9.17, 15) is 5.11 Å². The Labute approximate surface area is 89.5 Å². The number of phenolic OH excluding ortho intramolecular Hbond substituents is 1. The van der Waals surface area contributed by atoms with Crippen molar-refractivity contribution in [2.45, 2.75) is 12.5 Å². The lowest BCUT2D eigenvalue weighted by atomic mass is 10.0. The van der Waals surface area contributed by atoms with Crippen LogP contribution in [0.5, 0.6) is 5.75 Å². The number of para-hydroxylation sites is 1. The summed E-state index contributed by atoms with van der Waals surface area (Å²) in [5, 5.41) is 9.97. The quantitative estimate of drug-likeness (QED) is 0.747. The number of aromatic hydroxyl groups is 1. The fourth-order valence-electron chi connectivity index (χ4n) is 1.75. The van der Waals surface area contributed by atoms with Gasteiger partial charge < -0.3 is 9.84 Å². The van der Waals surface area contributed by atoms with Crippen molar-refractivity contribution >= 4 is 6.08 Å². The van der Waals surface area contributed by atoms with Crippen molar-refractivity contribution in [2.75, 3.05) is 6.61 Å². The first-order valence-electron chi connectivity index (χ1n) is 5.04. The molecule has 0 saturated carbocycles. The second-order valence-electron chi connectivity index (χ2n) is 3.52. The SMILES string of the molecule is C=Cc1cccc(C2CC=CCO2)c1O. The van der Waals surface area contributed by atoms with Crippen LogP contribution < -0.4 is 0 Å². The lowest BCUT2D eigenvalue weighted by Crippen LogP contribution is -2.08. The van der Waals surface area contributed by atoms with E-state index in [1.54, 1.807) is 6.08 Å². The minimum Gasteiger partial charge on any atom is -0.507 e. The van der Waals surface area contributed by atoms with Gasteiger partial charge in [-0.3, -0.25) is 0 Å². The Bertz CT molecular complexity index is 394. The van der Waals surface area contributed by atoms with Crippen LogP contribution in [0.15, 0.2) is 36.9 Å². The molecule has 1 heterocycles. The van der Waals surface area contributed by atoms with Gasteiger partial charge in [0.1, 0.15) is 5.75 Å². The van der Waals surface area contributed by atoms with Crippen LogP contribution in [-0.2, 0) is 4.74 Å². The molecule has 0 aliphatic carbocycles. The zero-order valence-corrected chi connectivity index (χ0v) is 8.52. The molecular weight excluding hydrogens is 188 g/mol. The summed E-state index contributed by atoms with van der Waals surface area (Å²) < 4.78 is 5.56. The number of hydrogen-bond acceptors (Lipinski definition) is 2. The van der Waals surface area contributed by atoms with Crippen LogP contribution in [0.25, 0.3) is 6.08 Å². The molecule has 2 rings (SSSR count). The van der Waals surface area contributed by atoms with Crippen LogP contribution >= 0.6 is 0 Å². The van der Waals surface area contributed by atoms with Gasteiger partial charge in [-0.2, -0.15) is 0 Å². The molecule has 78 valence electrons. The molecule has 2 heteroatoms. The molecule has 1 N–H and O–H groups in total. The average molecular weight is 202 g/mol. The highest BCUT2D eigenvalue weighted by atomic mass is 16.5. The standard InChI is InChI=1S/C13H14O2/c1-2-10-6-5-7-11(13(10)14)12-8-3-4-9-15-12/h2-7,12,14H,1,8-9H2. The molecule has 0 bridgehead atoms. The first-order valence-corrected chi connectivity index (χ1v) is 5.04. The third-order valence-corrected chi connectivity index (χ3v) is 2.58. The summed E-state index contributed by atoms with van der Waals surface area (Å²) in [6.07, 6.45) is 6.50. The summed E-state index contributed by atoms with van der Waals surface area (Å²) >= 11 is 0. The molecule has 1 unspecified atom stereocenters. The van der Waals surface area contributed by atoms with Gasteiger partial charge >= 0.3 is 0 Å². The summed E-state index contributed by atoms with van der Waals surface area (Å²) in [7, 11) is 0. The van der Waals surface area contributed by atoms with E-state index >= 15 is 0 Å². The molecular formula is C13H14O2. The van der Waals surface area contributed by atoms with E-state index in [4.69, 9.17) is 4.74 Å². The molecule has 2 nitrogen and oxygen atoms in total. The molecule has 1 aliphatic rings. The highest BCUT2D eigenvalue weighted by Crippen LogP contribution is 2.33. The fourth-order valence-corrected chi connectivity index (χ4v) is 1.75. The van der Waals surface area contributed by atoms with Crippen molar-refractivity contribution in [1.29, 1.82) is 0 Å². The van der Waals surface area contributed by atoms with E-state index in [-0.39, 0.29) is 11.9 Å². The third-order valence-electron chi connectivity index (χ3n) is 2.58. The Hall–Kier alpha value is -1.54. The van der Waals surface area contributed by atoms with E-state index < -0.39 is 0 Å². The van der Waals surface area contributed by atoms with Gasteiger partial charge in [-0.1, -0.05) is 43.0 Å². The topological polar surface area (TPSA) is 29.5 Å². The van der Waals surface area contributed by atoms with E-state index in [1.807, 2.05) is 24.3 Å². The average Bonchev–Trinajstić information content (AvgIpc) is 2.30. The molecule has 1 aliphatic heterocycles. The third kappa shape index (κ3) is 1.95. The predicted octanol–water partition coefficient (Wildman–Crippen LogP) is 3.05. The van der Waals surface area contributed by atoms with E-state index in [2.05, 4.69) is 12.7 Å². The fraction of sp³-hybridized carbons (Fsp3) is 0.231. The number of phenols is 1. The second-order valence-corrected chi connectivity index (χ2v) is 3.52. The van der Waals surface area contributed by atoms with Crippen molar-refractivity contribution in [3.8, 4) is 5.75 Å². The minimum absolute atomic E-state index is 0.0325. The summed E-state index contributed by atoms with van der Waals surface area (Å²) in [5.41, 5.74) is 1.60. The Morgan fingerprint density at radius 1 is 1.40 bits per heavy atom. The molecule has 15 heavy (non-hydrogen) atoms. The molecule has 0 amide bonds. The van der Waals surface area contributed by atoms with Gasteiger partial charge in [0.15, 0.2) is 0 Å². The molecule has 0 aromatic heterocycles. The molecule has 0 fully saturated rings. The molecule has 0 spiro atoms. The number of hydrogen-bond donors (Lipinski definition) is 1. The summed E-state index contributed by atoms with van der Waals surface area (Å²) in [6, 6.07) is 5.64. The zero-order chi connectivity index (χ0) is 10.7. The molecule has 1 aromatic carbocycles. The maximum Gasteiger partial charge on any atom is 0.128 e. The van der Waals surface area contributed by atoms with Gasteiger partial charge in [-0.15, -0.1) is 0 Å². The Kier molecular flexibility index (Phi) is 2.88. The smallest absolute Gasteiger partial charge is 0.128 e. The summed E-state index contributed by atoms with van der Waals surface area (Å²) in [5.74, 6) is 0.285. The first kappa shape index (κ1) is 9.99. The zero-order valence-electron chi connectivity index (χ0n) is 8.52. The van der Waals surface area contributed by atoms with Crippen LogP contribution in [0, 0.1) is 0 Å². The highest BCUT2D eigenvalue weighted by molar-refractivity contribution is 5.58. The molecule has 1 aromatic rings. The van der Waals surface area contributed by atoms with E-state index in [0.29, 0.717) is 6.61 Å². The maximum atomic E-state index is 9.97. The van der Waals surface area contributed by atoms with Crippen LogP contribution in [0.3, 0.4) is 0 Å². The monoisotopic (exact) mass is 202 g/mol. The van der Waals surface area contributed by atoms with Crippen molar-refractivity contribution in [1.82, 2.24) is 0 Å². The van der Waals surface area contributed by atoms with Gasteiger partial charge in [-0.25, -0.2) is 0 Å². The lowest BCUT2D eigenvalue weighted by Gasteiger charge is -2.20. The van der Waals surface area contributed by atoms with Crippen LogP contribution in [-0.4, -0.2) is 11.7 Å². The van der Waals surface area contributed by atoms with E-state index in [1.165, 1.54) is 0 Å². The van der Waals surface area contributed by atoms with Crippen LogP contribution in [0.4, 0.5) is 0 Å². The van der Waals surface area contributed by atoms with E-state index in [0.717, 1.165) is 17.5 Å². The van der Waals surface area contributed by atoms with Crippen molar-refractivity contribution in [3.63, 3.8) is 0 Å². The first-order chi connectivity index (χ1) is 7.33. The van der Waals surface area contributed by atoms with Gasteiger partial charge in [0.2, 0.25) is 0 Å². The van der Waals surface area contributed by atoms with Gasteiger partial charge in [-0.05, 0) is 6.42 Å². The predicted molar refractivity (Wildman–Crippen MR) is 60.6 cm³/mol. The van der Waals surface area contributed by atoms with Crippen molar-refractivity contribution in [2.24, 2.45) is 0 Å². The minimum atomic E-state index is -0.0325. The van der Waals surface area contributed by atoms with Gasteiger partial charge in [0.05, 0.1) is 12.7 Å². The van der Waals surface area contributed by atoms with Crippen molar-refractivity contribution < 1.29 is 9.84 Å².